The zero-order valence-electron chi connectivity index (χ0n) is 12.3. The van der Waals surface area contributed by atoms with Gasteiger partial charge >= 0.3 is 0 Å². The van der Waals surface area contributed by atoms with Crippen molar-refractivity contribution in [2.24, 2.45) is 0 Å². The zero-order chi connectivity index (χ0) is 17.7. The molecule has 0 aliphatic carbocycles. The highest BCUT2D eigenvalue weighted by atomic mass is 32.2. The molecule has 2 aromatic rings. The normalized spacial score (nSPS) is 11.3. The van der Waals surface area contributed by atoms with Crippen LogP contribution in [0.15, 0.2) is 47.4 Å². The maximum Gasteiger partial charge on any atom is 0.258 e. The fraction of sp³-hybridized carbons (Fsp3) is 0.133. The van der Waals surface area contributed by atoms with Crippen LogP contribution in [-0.4, -0.2) is 32.6 Å². The number of hydrogen-bond donors (Lipinski definition) is 3. The van der Waals surface area contributed by atoms with E-state index >= 15 is 0 Å². The summed E-state index contributed by atoms with van der Waals surface area (Å²) in [5.74, 6) is -2.62. The average molecular weight is 356 g/mol. The second-order valence-electron chi connectivity index (χ2n) is 4.70. The predicted octanol–water partition coefficient (Wildman–Crippen LogP) is 1.49. The first-order chi connectivity index (χ1) is 11.3. The molecule has 9 heteroatoms. The summed E-state index contributed by atoms with van der Waals surface area (Å²) < 4.78 is 53.2. The first-order valence-electron chi connectivity index (χ1n) is 6.81. The number of halogens is 2. The van der Waals surface area contributed by atoms with Gasteiger partial charge in [-0.25, -0.2) is 21.9 Å². The summed E-state index contributed by atoms with van der Waals surface area (Å²) in [5, 5.41) is 10.8. The lowest BCUT2D eigenvalue weighted by molar-refractivity contribution is 0.102. The fourth-order valence-corrected chi connectivity index (χ4v) is 2.90. The van der Waals surface area contributed by atoms with Gasteiger partial charge in [0.1, 0.15) is 11.6 Å². The van der Waals surface area contributed by atoms with Crippen LogP contribution in [-0.2, 0) is 10.0 Å². The predicted molar refractivity (Wildman–Crippen MR) is 83.0 cm³/mol. The van der Waals surface area contributed by atoms with Crippen molar-refractivity contribution in [2.45, 2.75) is 4.90 Å². The van der Waals surface area contributed by atoms with Crippen molar-refractivity contribution in [1.29, 1.82) is 0 Å². The van der Waals surface area contributed by atoms with Gasteiger partial charge in [0.15, 0.2) is 0 Å². The van der Waals surface area contributed by atoms with Gasteiger partial charge in [0.25, 0.3) is 5.91 Å². The van der Waals surface area contributed by atoms with Crippen molar-refractivity contribution in [3.8, 4) is 0 Å². The molecule has 0 aromatic heterocycles. The Bertz CT molecular complexity index is 856. The number of carbonyl (C=O) groups is 1. The quantitative estimate of drug-likeness (QED) is 0.731. The third kappa shape index (κ3) is 4.13. The van der Waals surface area contributed by atoms with Crippen LogP contribution in [0.2, 0.25) is 0 Å². The van der Waals surface area contributed by atoms with E-state index in [1.807, 2.05) is 0 Å². The van der Waals surface area contributed by atoms with Crippen LogP contribution in [0, 0.1) is 11.6 Å². The Labute approximate surface area is 137 Å². The van der Waals surface area contributed by atoms with E-state index in [-0.39, 0.29) is 22.7 Å². The van der Waals surface area contributed by atoms with Gasteiger partial charge in [-0.15, -0.1) is 0 Å². The highest BCUT2D eigenvalue weighted by molar-refractivity contribution is 7.89. The summed E-state index contributed by atoms with van der Waals surface area (Å²) in [6, 6.07) is 8.05. The standard InChI is InChI=1S/C15H14F2N2O4S/c16-12-4-2-1-3-11(12)15(21)19-14-6-5-10(9-13(14)17)24(22,23)18-7-8-20/h1-6,9,18,20H,7-8H2,(H,19,21). The van der Waals surface area contributed by atoms with Crippen LogP contribution in [0.4, 0.5) is 14.5 Å². The molecule has 0 aliphatic rings. The number of benzene rings is 2. The van der Waals surface area contributed by atoms with E-state index in [4.69, 9.17) is 5.11 Å². The molecule has 0 fully saturated rings. The van der Waals surface area contributed by atoms with Crippen molar-refractivity contribution in [3.63, 3.8) is 0 Å². The Kier molecular flexibility index (Phi) is 5.60. The molecule has 0 unspecified atom stereocenters. The fourth-order valence-electron chi connectivity index (χ4n) is 1.86. The molecule has 128 valence electrons. The number of aliphatic hydroxyl groups excluding tert-OH is 1. The Hall–Kier alpha value is -2.36. The highest BCUT2D eigenvalue weighted by Gasteiger charge is 2.18. The van der Waals surface area contributed by atoms with Crippen LogP contribution >= 0.6 is 0 Å². The van der Waals surface area contributed by atoms with Crippen molar-refractivity contribution in [1.82, 2.24) is 4.72 Å². The Balaban J connectivity index is 2.22. The summed E-state index contributed by atoms with van der Waals surface area (Å²) in [6.07, 6.45) is 0. The molecule has 0 saturated carbocycles. The zero-order valence-corrected chi connectivity index (χ0v) is 13.1. The average Bonchev–Trinajstić information content (AvgIpc) is 2.55. The minimum Gasteiger partial charge on any atom is -0.395 e. The lowest BCUT2D eigenvalue weighted by atomic mass is 10.2. The molecule has 0 atom stereocenters. The second-order valence-corrected chi connectivity index (χ2v) is 6.46. The van der Waals surface area contributed by atoms with E-state index in [0.717, 1.165) is 24.3 Å². The summed E-state index contributed by atoms with van der Waals surface area (Å²) >= 11 is 0. The van der Waals surface area contributed by atoms with Crippen molar-refractivity contribution < 1.29 is 27.1 Å². The number of anilines is 1. The second kappa shape index (κ2) is 7.47. The molecule has 3 N–H and O–H groups in total. The van der Waals surface area contributed by atoms with E-state index in [1.54, 1.807) is 0 Å². The molecule has 0 saturated heterocycles. The van der Waals surface area contributed by atoms with Crippen LogP contribution in [0.1, 0.15) is 10.4 Å². The van der Waals surface area contributed by atoms with E-state index in [1.165, 1.54) is 18.2 Å². The summed E-state index contributed by atoms with van der Waals surface area (Å²) in [7, 11) is -3.97. The molecule has 0 heterocycles. The van der Waals surface area contributed by atoms with Crippen molar-refractivity contribution in [2.75, 3.05) is 18.5 Å². The highest BCUT2D eigenvalue weighted by Crippen LogP contribution is 2.20. The molecule has 24 heavy (non-hydrogen) atoms. The molecular formula is C15H14F2N2O4S. The SMILES string of the molecule is O=C(Nc1ccc(S(=O)(=O)NCCO)cc1F)c1ccccc1F. The maximum atomic E-state index is 14.0. The number of amides is 1. The number of aliphatic hydroxyl groups is 1. The van der Waals surface area contributed by atoms with Gasteiger partial charge in [-0.3, -0.25) is 4.79 Å². The van der Waals surface area contributed by atoms with E-state index in [2.05, 4.69) is 10.0 Å². The maximum absolute atomic E-state index is 14.0. The molecule has 2 rings (SSSR count). The van der Waals surface area contributed by atoms with Gasteiger partial charge in [0.2, 0.25) is 10.0 Å². The Morgan fingerprint density at radius 2 is 1.79 bits per heavy atom. The third-order valence-corrected chi connectivity index (χ3v) is 4.48. The molecule has 0 spiro atoms. The van der Waals surface area contributed by atoms with E-state index < -0.39 is 34.2 Å². The van der Waals surface area contributed by atoms with Gasteiger partial charge in [-0.1, -0.05) is 12.1 Å². The Morgan fingerprint density at radius 3 is 2.42 bits per heavy atom. The van der Waals surface area contributed by atoms with E-state index in [9.17, 15) is 22.0 Å². The van der Waals surface area contributed by atoms with Crippen molar-refractivity contribution in [3.05, 3.63) is 59.7 Å². The third-order valence-electron chi connectivity index (χ3n) is 3.02. The van der Waals surface area contributed by atoms with Gasteiger partial charge in [-0.2, -0.15) is 0 Å². The molecule has 0 aliphatic heterocycles. The minimum absolute atomic E-state index is 0.213. The molecule has 0 radical (unpaired) electrons. The summed E-state index contributed by atoms with van der Waals surface area (Å²) in [6.45, 7) is -0.617. The monoisotopic (exact) mass is 356 g/mol. The lowest BCUT2D eigenvalue weighted by Gasteiger charge is -2.10. The van der Waals surface area contributed by atoms with Crippen LogP contribution in [0.5, 0.6) is 0 Å². The van der Waals surface area contributed by atoms with Gasteiger partial charge in [0, 0.05) is 6.54 Å². The number of sulfonamides is 1. The smallest absolute Gasteiger partial charge is 0.258 e. The molecule has 6 nitrogen and oxygen atoms in total. The van der Waals surface area contributed by atoms with Crippen molar-refractivity contribution >= 4 is 21.6 Å². The van der Waals surface area contributed by atoms with Gasteiger partial charge in [-0.05, 0) is 30.3 Å². The van der Waals surface area contributed by atoms with E-state index in [0.29, 0.717) is 0 Å². The number of nitrogens with one attached hydrogen (secondary N) is 2. The molecular weight excluding hydrogens is 342 g/mol. The number of hydrogen-bond acceptors (Lipinski definition) is 4. The first-order valence-corrected chi connectivity index (χ1v) is 8.29. The Morgan fingerprint density at radius 1 is 1.08 bits per heavy atom. The van der Waals surface area contributed by atoms with Crippen LogP contribution in [0.3, 0.4) is 0 Å². The first kappa shape index (κ1) is 18.0. The molecule has 2 aromatic carbocycles. The van der Waals surface area contributed by atoms with Crippen LogP contribution in [0.25, 0.3) is 0 Å². The largest absolute Gasteiger partial charge is 0.395 e. The van der Waals surface area contributed by atoms with Crippen LogP contribution < -0.4 is 10.0 Å². The lowest BCUT2D eigenvalue weighted by Crippen LogP contribution is -2.26. The number of carbonyl (C=O) groups excluding carboxylic acids is 1. The van der Waals surface area contributed by atoms with Gasteiger partial charge in [0.05, 0.1) is 22.8 Å². The topological polar surface area (TPSA) is 95.5 Å². The minimum atomic E-state index is -3.97. The summed E-state index contributed by atoms with van der Waals surface area (Å²) in [5.41, 5.74) is -0.553. The molecule has 0 bridgehead atoms. The molecule has 1 amide bonds. The number of rotatable bonds is 6. The van der Waals surface area contributed by atoms with Gasteiger partial charge < -0.3 is 10.4 Å². The summed E-state index contributed by atoms with van der Waals surface area (Å²) in [4.78, 5) is 11.6.